The van der Waals surface area contributed by atoms with Gasteiger partial charge in [0.05, 0.1) is 22.7 Å². The van der Waals surface area contributed by atoms with Gasteiger partial charge in [0.2, 0.25) is 10.0 Å². The number of rotatable bonds is 6. The van der Waals surface area contributed by atoms with Crippen molar-refractivity contribution in [2.75, 3.05) is 30.4 Å². The topological polar surface area (TPSA) is 84.2 Å². The van der Waals surface area contributed by atoms with Crippen molar-refractivity contribution in [1.29, 1.82) is 0 Å². The standard InChI is InChI=1S/C10H15ClFN3O2S/c1-18(16,17)15-6-2-5-14-10-8(13)4-3-7(11)9(10)12/h3-4,14-15H,2,5-6,13H2,1H3. The molecule has 0 aliphatic heterocycles. The second-order valence-corrected chi connectivity index (χ2v) is 6.01. The molecule has 0 unspecified atom stereocenters. The molecule has 0 aliphatic rings. The summed E-state index contributed by atoms with van der Waals surface area (Å²) in [5, 5.41) is 2.78. The maximum absolute atomic E-state index is 13.6. The molecule has 1 rings (SSSR count). The van der Waals surface area contributed by atoms with E-state index in [2.05, 4.69) is 10.0 Å². The Kier molecular flexibility index (Phi) is 5.18. The molecule has 5 nitrogen and oxygen atoms in total. The summed E-state index contributed by atoms with van der Waals surface area (Å²) in [6.45, 7) is 0.651. The maximum Gasteiger partial charge on any atom is 0.208 e. The third-order valence-corrected chi connectivity index (χ3v) is 3.17. The van der Waals surface area contributed by atoms with Crippen molar-refractivity contribution in [3.63, 3.8) is 0 Å². The molecular formula is C10H15ClFN3O2S. The Morgan fingerprint density at radius 1 is 1.39 bits per heavy atom. The number of benzene rings is 1. The van der Waals surface area contributed by atoms with Crippen LogP contribution in [0.1, 0.15) is 6.42 Å². The fourth-order valence-electron chi connectivity index (χ4n) is 1.30. The molecule has 0 saturated carbocycles. The summed E-state index contributed by atoms with van der Waals surface area (Å²) in [4.78, 5) is 0. The summed E-state index contributed by atoms with van der Waals surface area (Å²) < 4.78 is 37.5. The van der Waals surface area contributed by atoms with E-state index in [1.54, 1.807) is 0 Å². The van der Waals surface area contributed by atoms with Crippen molar-refractivity contribution in [2.45, 2.75) is 6.42 Å². The number of hydrogen-bond donors (Lipinski definition) is 3. The van der Waals surface area contributed by atoms with Gasteiger partial charge < -0.3 is 11.1 Å². The Bertz CT molecular complexity index is 522. The molecule has 0 radical (unpaired) electrons. The van der Waals surface area contributed by atoms with E-state index in [1.165, 1.54) is 12.1 Å². The highest BCUT2D eigenvalue weighted by Crippen LogP contribution is 2.28. The van der Waals surface area contributed by atoms with Crippen LogP contribution in [0.25, 0.3) is 0 Å². The van der Waals surface area contributed by atoms with E-state index < -0.39 is 15.8 Å². The number of nitrogens with two attached hydrogens (primary N) is 1. The minimum absolute atomic E-state index is 0.0130. The molecule has 1 aromatic rings. The van der Waals surface area contributed by atoms with Crippen LogP contribution in [0.15, 0.2) is 12.1 Å². The van der Waals surface area contributed by atoms with Gasteiger partial charge in [0, 0.05) is 13.1 Å². The lowest BCUT2D eigenvalue weighted by atomic mass is 10.2. The van der Waals surface area contributed by atoms with E-state index in [9.17, 15) is 12.8 Å². The summed E-state index contributed by atoms with van der Waals surface area (Å²) in [6, 6.07) is 2.88. The van der Waals surface area contributed by atoms with Gasteiger partial charge in [0.25, 0.3) is 0 Å². The van der Waals surface area contributed by atoms with Crippen LogP contribution in [0.2, 0.25) is 5.02 Å². The van der Waals surface area contributed by atoms with E-state index in [0.717, 1.165) is 6.26 Å². The summed E-state index contributed by atoms with van der Waals surface area (Å²) in [5.41, 5.74) is 6.00. The number of sulfonamides is 1. The van der Waals surface area contributed by atoms with Crippen LogP contribution in [-0.4, -0.2) is 27.8 Å². The summed E-state index contributed by atoms with van der Waals surface area (Å²) >= 11 is 5.62. The van der Waals surface area contributed by atoms with Gasteiger partial charge in [0.1, 0.15) is 0 Å². The van der Waals surface area contributed by atoms with E-state index in [0.29, 0.717) is 13.0 Å². The van der Waals surface area contributed by atoms with Gasteiger partial charge in [-0.2, -0.15) is 0 Å². The number of nitrogens with one attached hydrogen (secondary N) is 2. The quantitative estimate of drug-likeness (QED) is 0.547. The SMILES string of the molecule is CS(=O)(=O)NCCCNc1c(N)ccc(Cl)c1F. The Labute approximate surface area is 111 Å². The first-order valence-electron chi connectivity index (χ1n) is 5.23. The largest absolute Gasteiger partial charge is 0.397 e. The maximum atomic E-state index is 13.6. The Morgan fingerprint density at radius 2 is 2.06 bits per heavy atom. The van der Waals surface area contributed by atoms with Crippen molar-refractivity contribution < 1.29 is 12.8 Å². The Balaban J connectivity index is 2.47. The molecule has 1 aromatic carbocycles. The van der Waals surface area contributed by atoms with Crippen LogP contribution < -0.4 is 15.8 Å². The second-order valence-electron chi connectivity index (χ2n) is 3.77. The molecule has 8 heteroatoms. The first kappa shape index (κ1) is 15.0. The molecule has 0 fully saturated rings. The molecule has 0 aliphatic carbocycles. The van der Waals surface area contributed by atoms with Crippen molar-refractivity contribution >= 4 is 33.0 Å². The predicted molar refractivity (Wildman–Crippen MR) is 71.8 cm³/mol. The zero-order valence-electron chi connectivity index (χ0n) is 9.83. The van der Waals surface area contributed by atoms with E-state index in [-0.39, 0.29) is 22.9 Å². The molecule has 0 aromatic heterocycles. The molecule has 0 amide bonds. The van der Waals surface area contributed by atoms with Gasteiger partial charge in [-0.1, -0.05) is 11.6 Å². The number of anilines is 2. The van der Waals surface area contributed by atoms with Gasteiger partial charge in [-0.05, 0) is 18.6 Å². The fourth-order valence-corrected chi connectivity index (χ4v) is 1.98. The third-order valence-electron chi connectivity index (χ3n) is 2.15. The summed E-state index contributed by atoms with van der Waals surface area (Å²) in [5.74, 6) is -0.604. The zero-order chi connectivity index (χ0) is 13.8. The molecule has 4 N–H and O–H groups in total. The van der Waals surface area contributed by atoms with Crippen LogP contribution in [0.5, 0.6) is 0 Å². The zero-order valence-corrected chi connectivity index (χ0v) is 11.4. The van der Waals surface area contributed by atoms with Gasteiger partial charge >= 0.3 is 0 Å². The fraction of sp³-hybridized carbons (Fsp3) is 0.400. The van der Waals surface area contributed by atoms with Crippen LogP contribution in [0.3, 0.4) is 0 Å². The van der Waals surface area contributed by atoms with Crippen LogP contribution in [-0.2, 0) is 10.0 Å². The van der Waals surface area contributed by atoms with E-state index in [1.807, 2.05) is 0 Å². The van der Waals surface area contributed by atoms with Crippen LogP contribution in [0, 0.1) is 5.82 Å². The van der Waals surface area contributed by atoms with E-state index in [4.69, 9.17) is 17.3 Å². The predicted octanol–water partition coefficient (Wildman–Crippen LogP) is 1.41. The number of hydrogen-bond acceptors (Lipinski definition) is 4. The van der Waals surface area contributed by atoms with Gasteiger partial charge in [-0.15, -0.1) is 0 Å². The van der Waals surface area contributed by atoms with Crippen LogP contribution in [0.4, 0.5) is 15.8 Å². The average molecular weight is 296 g/mol. The van der Waals surface area contributed by atoms with Crippen molar-refractivity contribution in [3.05, 3.63) is 23.0 Å². The second kappa shape index (κ2) is 6.21. The highest BCUT2D eigenvalue weighted by molar-refractivity contribution is 7.88. The van der Waals surface area contributed by atoms with Crippen molar-refractivity contribution in [1.82, 2.24) is 4.72 Å². The van der Waals surface area contributed by atoms with Gasteiger partial charge in [-0.3, -0.25) is 0 Å². The first-order chi connectivity index (χ1) is 8.31. The number of halogens is 2. The highest BCUT2D eigenvalue weighted by atomic mass is 35.5. The average Bonchev–Trinajstić information content (AvgIpc) is 2.26. The van der Waals surface area contributed by atoms with Crippen molar-refractivity contribution in [3.8, 4) is 0 Å². The first-order valence-corrected chi connectivity index (χ1v) is 7.50. The summed E-state index contributed by atoms with van der Waals surface area (Å²) in [7, 11) is -3.19. The molecule has 0 atom stereocenters. The lowest BCUT2D eigenvalue weighted by Crippen LogP contribution is -2.24. The monoisotopic (exact) mass is 295 g/mol. The molecular weight excluding hydrogens is 281 g/mol. The Morgan fingerprint density at radius 3 is 2.67 bits per heavy atom. The molecule has 0 saturated heterocycles. The number of nitrogen functional groups attached to an aromatic ring is 1. The van der Waals surface area contributed by atoms with Crippen LogP contribution >= 0.6 is 11.6 Å². The minimum atomic E-state index is -3.19. The van der Waals surface area contributed by atoms with Gasteiger partial charge in [0.15, 0.2) is 5.82 Å². The summed E-state index contributed by atoms with van der Waals surface area (Å²) in [6.07, 6.45) is 1.58. The Hall–Kier alpha value is -1.05. The lowest BCUT2D eigenvalue weighted by Gasteiger charge is -2.11. The normalized spacial score (nSPS) is 11.5. The molecule has 0 heterocycles. The lowest BCUT2D eigenvalue weighted by molar-refractivity contribution is 0.586. The molecule has 0 bridgehead atoms. The molecule has 0 spiro atoms. The molecule has 102 valence electrons. The smallest absolute Gasteiger partial charge is 0.208 e. The molecule has 18 heavy (non-hydrogen) atoms. The van der Waals surface area contributed by atoms with Crippen molar-refractivity contribution in [2.24, 2.45) is 0 Å². The minimum Gasteiger partial charge on any atom is -0.397 e. The third kappa shape index (κ3) is 4.67. The van der Waals surface area contributed by atoms with Gasteiger partial charge in [-0.25, -0.2) is 17.5 Å². The van der Waals surface area contributed by atoms with E-state index >= 15 is 0 Å². The highest BCUT2D eigenvalue weighted by Gasteiger charge is 2.09.